The van der Waals surface area contributed by atoms with Crippen LogP contribution >= 0.6 is 0 Å². The van der Waals surface area contributed by atoms with E-state index in [9.17, 15) is 15.0 Å². The lowest BCUT2D eigenvalue weighted by atomic mass is 10.0. The minimum absolute atomic E-state index is 0.170. The summed E-state index contributed by atoms with van der Waals surface area (Å²) in [7, 11) is 0. The Balaban J connectivity index is 3.32. The van der Waals surface area contributed by atoms with Gasteiger partial charge in [0.15, 0.2) is 0 Å². The summed E-state index contributed by atoms with van der Waals surface area (Å²) in [5.74, 6) is -0.730. The summed E-state index contributed by atoms with van der Waals surface area (Å²) in [4.78, 5) is 10.4. The number of carboxylic acid groups (broad SMARTS) is 1. The number of carbonyl (C=O) groups is 1. The Hall–Kier alpha value is -0.870. The molecule has 0 saturated carbocycles. The summed E-state index contributed by atoms with van der Waals surface area (Å²) in [5.41, 5.74) is 0. The molecular weight excluding hydrogens is 352 g/mol. The molecule has 0 radical (unpaired) electrons. The van der Waals surface area contributed by atoms with Crippen LogP contribution in [0.4, 0.5) is 0 Å². The monoisotopic (exact) mass is 398 g/mol. The summed E-state index contributed by atoms with van der Waals surface area (Å²) in [5, 5.41) is 28.4. The van der Waals surface area contributed by atoms with E-state index in [1.165, 1.54) is 44.9 Å². The van der Waals surface area contributed by atoms with E-state index in [0.29, 0.717) is 6.42 Å². The van der Waals surface area contributed by atoms with Gasteiger partial charge >= 0.3 is 5.97 Å². The highest BCUT2D eigenvalue weighted by Crippen LogP contribution is 2.14. The number of hydrogen-bond acceptors (Lipinski definition) is 3. The lowest BCUT2D eigenvalue weighted by Gasteiger charge is -2.10. The minimum Gasteiger partial charge on any atom is -0.481 e. The second-order valence-corrected chi connectivity index (χ2v) is 8.20. The summed E-state index contributed by atoms with van der Waals surface area (Å²) in [6, 6.07) is 0. The van der Waals surface area contributed by atoms with Crippen LogP contribution in [0, 0.1) is 0 Å². The van der Waals surface area contributed by atoms with E-state index in [0.717, 1.165) is 57.8 Å². The molecule has 166 valence electrons. The Bertz CT molecular complexity index is 368. The molecule has 0 aliphatic heterocycles. The third kappa shape index (κ3) is 21.4. The van der Waals surface area contributed by atoms with Crippen molar-refractivity contribution in [3.05, 3.63) is 12.2 Å². The van der Waals surface area contributed by atoms with Gasteiger partial charge in [-0.2, -0.15) is 0 Å². The van der Waals surface area contributed by atoms with E-state index in [1.54, 1.807) is 0 Å². The fraction of sp³-hybridized carbons (Fsp3) is 0.875. The highest BCUT2D eigenvalue weighted by atomic mass is 16.4. The molecule has 0 rings (SSSR count). The van der Waals surface area contributed by atoms with Gasteiger partial charge in [-0.05, 0) is 44.9 Å². The zero-order chi connectivity index (χ0) is 20.9. The predicted octanol–water partition coefficient (Wildman–Crippen LogP) is 6.39. The maximum atomic E-state index is 10.4. The Kier molecular flexibility index (Phi) is 20.2. The normalized spacial score (nSPS) is 13.8. The molecule has 0 fully saturated rings. The van der Waals surface area contributed by atoms with Gasteiger partial charge in [-0.25, -0.2) is 0 Å². The van der Waals surface area contributed by atoms with Crippen LogP contribution < -0.4 is 0 Å². The van der Waals surface area contributed by atoms with Crippen LogP contribution in [-0.4, -0.2) is 33.5 Å². The quantitative estimate of drug-likeness (QED) is 0.155. The maximum Gasteiger partial charge on any atom is 0.303 e. The van der Waals surface area contributed by atoms with Crippen LogP contribution in [0.5, 0.6) is 0 Å². The Morgan fingerprint density at radius 3 is 1.89 bits per heavy atom. The van der Waals surface area contributed by atoms with Crippen LogP contribution in [0.1, 0.15) is 122 Å². The van der Waals surface area contributed by atoms with Crippen molar-refractivity contribution >= 4 is 5.97 Å². The van der Waals surface area contributed by atoms with Gasteiger partial charge in [-0.15, -0.1) is 0 Å². The molecule has 0 amide bonds. The largest absolute Gasteiger partial charge is 0.481 e. The van der Waals surface area contributed by atoms with Gasteiger partial charge in [-0.1, -0.05) is 83.3 Å². The third-order valence-electron chi connectivity index (χ3n) is 5.30. The van der Waals surface area contributed by atoms with Gasteiger partial charge in [0.05, 0.1) is 12.2 Å². The molecule has 0 spiro atoms. The van der Waals surface area contributed by atoms with E-state index in [4.69, 9.17) is 5.11 Å². The first-order valence-electron chi connectivity index (χ1n) is 11.8. The molecule has 0 aliphatic carbocycles. The average Bonchev–Trinajstić information content (AvgIpc) is 2.66. The first-order valence-corrected chi connectivity index (χ1v) is 11.8. The van der Waals surface area contributed by atoms with Crippen molar-refractivity contribution in [2.24, 2.45) is 0 Å². The van der Waals surface area contributed by atoms with E-state index < -0.39 is 5.97 Å². The maximum absolute atomic E-state index is 10.4. The van der Waals surface area contributed by atoms with E-state index in [1.807, 2.05) is 0 Å². The van der Waals surface area contributed by atoms with Crippen LogP contribution in [0.15, 0.2) is 12.2 Å². The van der Waals surface area contributed by atoms with Crippen molar-refractivity contribution in [3.8, 4) is 0 Å². The van der Waals surface area contributed by atoms with Crippen LogP contribution in [-0.2, 0) is 4.79 Å². The lowest BCUT2D eigenvalue weighted by molar-refractivity contribution is -0.137. The molecule has 0 aromatic carbocycles. The van der Waals surface area contributed by atoms with Gasteiger partial charge in [0.1, 0.15) is 0 Å². The van der Waals surface area contributed by atoms with Crippen molar-refractivity contribution < 1.29 is 20.1 Å². The van der Waals surface area contributed by atoms with Gasteiger partial charge in [0.2, 0.25) is 0 Å². The Morgan fingerprint density at radius 2 is 1.25 bits per heavy atom. The molecule has 0 aromatic rings. The number of aliphatic carboxylic acids is 1. The first-order chi connectivity index (χ1) is 13.6. The summed E-state index contributed by atoms with van der Waals surface area (Å²) < 4.78 is 0. The van der Waals surface area contributed by atoms with Crippen molar-refractivity contribution in [2.75, 3.05) is 0 Å². The number of aliphatic hydroxyl groups is 2. The van der Waals surface area contributed by atoms with E-state index in [-0.39, 0.29) is 18.6 Å². The number of rotatable bonds is 21. The smallest absolute Gasteiger partial charge is 0.303 e. The molecule has 0 saturated heterocycles. The van der Waals surface area contributed by atoms with Gasteiger partial charge < -0.3 is 15.3 Å². The zero-order valence-corrected chi connectivity index (χ0v) is 18.3. The highest BCUT2D eigenvalue weighted by Gasteiger charge is 2.04. The second kappa shape index (κ2) is 20.9. The topological polar surface area (TPSA) is 77.8 Å². The SMILES string of the molecule is CCCCCCC(O)C/C=C\CCCCCCCC(O)CCCCCC(=O)O. The molecule has 0 heterocycles. The summed E-state index contributed by atoms with van der Waals surface area (Å²) in [6.07, 6.45) is 22.0. The van der Waals surface area contributed by atoms with Gasteiger partial charge in [0.25, 0.3) is 0 Å². The van der Waals surface area contributed by atoms with Crippen molar-refractivity contribution in [1.29, 1.82) is 0 Å². The predicted molar refractivity (Wildman–Crippen MR) is 118 cm³/mol. The summed E-state index contributed by atoms with van der Waals surface area (Å²) >= 11 is 0. The molecule has 28 heavy (non-hydrogen) atoms. The fourth-order valence-corrected chi connectivity index (χ4v) is 3.45. The molecule has 4 nitrogen and oxygen atoms in total. The Morgan fingerprint density at radius 1 is 0.714 bits per heavy atom. The van der Waals surface area contributed by atoms with Gasteiger partial charge in [0, 0.05) is 6.42 Å². The number of hydrogen-bond donors (Lipinski definition) is 3. The molecule has 3 N–H and O–H groups in total. The van der Waals surface area contributed by atoms with E-state index >= 15 is 0 Å². The number of unbranched alkanes of at least 4 members (excludes halogenated alkanes) is 10. The molecule has 4 heteroatoms. The van der Waals surface area contributed by atoms with Crippen LogP contribution in [0.2, 0.25) is 0 Å². The lowest BCUT2D eigenvalue weighted by Crippen LogP contribution is -2.06. The van der Waals surface area contributed by atoms with Crippen molar-refractivity contribution in [2.45, 2.75) is 135 Å². The summed E-state index contributed by atoms with van der Waals surface area (Å²) in [6.45, 7) is 2.21. The standard InChI is InChI=1S/C24H46O4/c1-2-3-4-12-17-22(25)18-13-9-7-5-6-8-10-14-19-23(26)20-15-11-16-21-24(27)28/h9,13,22-23,25-26H,2-8,10-12,14-21H2,1H3,(H,27,28)/b13-9-. The molecular formula is C24H46O4. The average molecular weight is 399 g/mol. The molecule has 2 atom stereocenters. The van der Waals surface area contributed by atoms with Crippen molar-refractivity contribution in [1.82, 2.24) is 0 Å². The third-order valence-corrected chi connectivity index (χ3v) is 5.30. The highest BCUT2D eigenvalue weighted by molar-refractivity contribution is 5.66. The minimum atomic E-state index is -0.730. The number of carboxylic acids is 1. The zero-order valence-electron chi connectivity index (χ0n) is 18.3. The molecule has 0 bridgehead atoms. The molecule has 0 aliphatic rings. The molecule has 2 unspecified atom stereocenters. The Labute approximate surface area is 173 Å². The van der Waals surface area contributed by atoms with E-state index in [2.05, 4.69) is 19.1 Å². The first kappa shape index (κ1) is 27.1. The fourth-order valence-electron chi connectivity index (χ4n) is 3.45. The molecule has 0 aromatic heterocycles. The van der Waals surface area contributed by atoms with Gasteiger partial charge in [-0.3, -0.25) is 4.79 Å². The van der Waals surface area contributed by atoms with Crippen molar-refractivity contribution in [3.63, 3.8) is 0 Å². The van der Waals surface area contributed by atoms with Crippen LogP contribution in [0.25, 0.3) is 0 Å². The number of aliphatic hydroxyl groups excluding tert-OH is 2. The number of allylic oxidation sites excluding steroid dienone is 1. The van der Waals surface area contributed by atoms with Crippen LogP contribution in [0.3, 0.4) is 0 Å². The second-order valence-electron chi connectivity index (χ2n) is 8.20.